The maximum atomic E-state index is 6.17. The quantitative estimate of drug-likeness (QED) is 0.690. The molecule has 76 valence electrons. The largest absolute Gasteiger partial charge is 0.327 e. The number of benzene rings is 2. The van der Waals surface area contributed by atoms with Gasteiger partial charge in [-0.3, -0.25) is 0 Å². The fourth-order valence-corrected chi connectivity index (χ4v) is 2.66. The van der Waals surface area contributed by atoms with Gasteiger partial charge in [-0.2, -0.15) is 0 Å². The van der Waals surface area contributed by atoms with Crippen LogP contribution in [0.2, 0.25) is 0 Å². The van der Waals surface area contributed by atoms with E-state index in [1.54, 1.807) is 0 Å². The summed E-state index contributed by atoms with van der Waals surface area (Å²) in [4.78, 5) is 0. The summed E-state index contributed by atoms with van der Waals surface area (Å²) in [6.45, 7) is 2.23. The molecule has 1 aliphatic rings. The van der Waals surface area contributed by atoms with Crippen LogP contribution in [-0.2, 0) is 6.42 Å². The van der Waals surface area contributed by atoms with Crippen LogP contribution in [0.5, 0.6) is 0 Å². The first-order chi connectivity index (χ1) is 7.27. The summed E-state index contributed by atoms with van der Waals surface area (Å²) in [6.07, 6.45) is 1.01. The second-order valence-electron chi connectivity index (χ2n) is 4.52. The Balaban J connectivity index is 2.41. The highest BCUT2D eigenvalue weighted by Gasteiger charge is 2.23. The van der Waals surface area contributed by atoms with Crippen LogP contribution in [0.15, 0.2) is 36.4 Å². The molecule has 1 nitrogen and oxygen atoms in total. The normalized spacial score (nSPS) is 24.4. The van der Waals surface area contributed by atoms with Gasteiger partial charge in [-0.15, -0.1) is 0 Å². The molecule has 0 aromatic heterocycles. The zero-order valence-corrected chi connectivity index (χ0v) is 8.90. The molecule has 2 N–H and O–H groups in total. The highest BCUT2D eigenvalue weighted by Crippen LogP contribution is 2.35. The molecule has 0 fully saturated rings. The number of rotatable bonds is 0. The minimum atomic E-state index is 0.269. The standard InChI is InChI=1S/C14H15N/c1-9-12-7-3-5-10-4-2-6-11(14(10)12)8-13(9)15/h2-7,9,13H,8,15H2,1H3. The fourth-order valence-electron chi connectivity index (χ4n) is 2.66. The van der Waals surface area contributed by atoms with Crippen LogP contribution in [0.1, 0.15) is 24.0 Å². The second kappa shape index (κ2) is 3.07. The van der Waals surface area contributed by atoms with Gasteiger partial charge in [-0.05, 0) is 34.2 Å². The topological polar surface area (TPSA) is 26.0 Å². The van der Waals surface area contributed by atoms with Crippen molar-refractivity contribution in [1.29, 1.82) is 0 Å². The Morgan fingerprint density at radius 1 is 1.13 bits per heavy atom. The molecule has 15 heavy (non-hydrogen) atoms. The minimum Gasteiger partial charge on any atom is -0.327 e. The van der Waals surface area contributed by atoms with Crippen molar-refractivity contribution in [2.75, 3.05) is 0 Å². The molecule has 0 amide bonds. The molecular formula is C14H15N. The number of hydrogen-bond acceptors (Lipinski definition) is 1. The lowest BCUT2D eigenvalue weighted by molar-refractivity contribution is 0.556. The van der Waals surface area contributed by atoms with Crippen LogP contribution in [0, 0.1) is 0 Å². The predicted octanol–water partition coefficient (Wildman–Crippen LogP) is 2.83. The van der Waals surface area contributed by atoms with E-state index < -0.39 is 0 Å². The van der Waals surface area contributed by atoms with Crippen molar-refractivity contribution in [3.05, 3.63) is 47.5 Å². The van der Waals surface area contributed by atoms with Crippen LogP contribution in [-0.4, -0.2) is 6.04 Å². The lowest BCUT2D eigenvalue weighted by Crippen LogP contribution is -2.32. The molecule has 2 atom stereocenters. The summed E-state index contributed by atoms with van der Waals surface area (Å²) >= 11 is 0. The molecule has 0 aliphatic heterocycles. The van der Waals surface area contributed by atoms with Gasteiger partial charge in [-0.25, -0.2) is 0 Å². The van der Waals surface area contributed by atoms with Crippen molar-refractivity contribution in [2.45, 2.75) is 25.3 Å². The SMILES string of the molecule is CC1c2cccc3cccc(c23)CC1N. The Kier molecular flexibility index (Phi) is 1.83. The van der Waals surface area contributed by atoms with Crippen LogP contribution in [0.25, 0.3) is 10.8 Å². The Labute approximate surface area is 89.9 Å². The zero-order valence-electron chi connectivity index (χ0n) is 8.90. The summed E-state index contributed by atoms with van der Waals surface area (Å²) in [5.41, 5.74) is 9.00. The predicted molar refractivity (Wildman–Crippen MR) is 64.0 cm³/mol. The first-order valence-electron chi connectivity index (χ1n) is 5.53. The third-order valence-corrected chi connectivity index (χ3v) is 3.61. The van der Waals surface area contributed by atoms with Gasteiger partial charge in [0.2, 0.25) is 0 Å². The van der Waals surface area contributed by atoms with Gasteiger partial charge in [0, 0.05) is 6.04 Å². The Bertz CT molecular complexity index is 510. The molecule has 2 aromatic rings. The lowest BCUT2D eigenvalue weighted by Gasteiger charge is -2.28. The zero-order chi connectivity index (χ0) is 10.4. The van der Waals surface area contributed by atoms with E-state index in [2.05, 4.69) is 43.3 Å². The van der Waals surface area contributed by atoms with Crippen LogP contribution >= 0.6 is 0 Å². The van der Waals surface area contributed by atoms with Gasteiger partial charge in [0.1, 0.15) is 0 Å². The van der Waals surface area contributed by atoms with E-state index in [4.69, 9.17) is 5.73 Å². The van der Waals surface area contributed by atoms with Crippen molar-refractivity contribution < 1.29 is 0 Å². The molecule has 0 bridgehead atoms. The maximum Gasteiger partial charge on any atom is 0.0146 e. The van der Waals surface area contributed by atoms with Gasteiger partial charge in [0.25, 0.3) is 0 Å². The molecule has 1 aliphatic carbocycles. The Hall–Kier alpha value is -1.34. The van der Waals surface area contributed by atoms with Gasteiger partial charge in [0.05, 0.1) is 0 Å². The molecule has 1 heteroatoms. The lowest BCUT2D eigenvalue weighted by atomic mass is 9.79. The van der Waals surface area contributed by atoms with E-state index in [9.17, 15) is 0 Å². The highest BCUT2D eigenvalue weighted by atomic mass is 14.7. The van der Waals surface area contributed by atoms with Gasteiger partial charge >= 0.3 is 0 Å². The molecule has 2 aromatic carbocycles. The van der Waals surface area contributed by atoms with Crippen molar-refractivity contribution in [1.82, 2.24) is 0 Å². The molecule has 3 rings (SSSR count). The summed E-state index contributed by atoms with van der Waals surface area (Å²) in [6, 6.07) is 13.3. The van der Waals surface area contributed by atoms with Crippen molar-refractivity contribution in [2.24, 2.45) is 5.73 Å². The van der Waals surface area contributed by atoms with Gasteiger partial charge in [-0.1, -0.05) is 43.3 Å². The molecule has 2 unspecified atom stereocenters. The third kappa shape index (κ3) is 1.20. The van der Waals surface area contributed by atoms with E-state index >= 15 is 0 Å². The fraction of sp³-hybridized carbons (Fsp3) is 0.286. The second-order valence-corrected chi connectivity index (χ2v) is 4.52. The molecular weight excluding hydrogens is 182 g/mol. The molecule has 0 saturated heterocycles. The van der Waals surface area contributed by atoms with Crippen molar-refractivity contribution in [3.8, 4) is 0 Å². The van der Waals surface area contributed by atoms with Crippen LogP contribution in [0.4, 0.5) is 0 Å². The summed E-state index contributed by atoms with van der Waals surface area (Å²) in [5, 5.41) is 2.79. The van der Waals surface area contributed by atoms with Crippen molar-refractivity contribution in [3.63, 3.8) is 0 Å². The van der Waals surface area contributed by atoms with Crippen LogP contribution in [0.3, 0.4) is 0 Å². The van der Waals surface area contributed by atoms with Gasteiger partial charge < -0.3 is 5.73 Å². The first kappa shape index (κ1) is 8.93. The van der Waals surface area contributed by atoms with E-state index in [-0.39, 0.29) is 6.04 Å². The average molecular weight is 197 g/mol. The van der Waals surface area contributed by atoms with Crippen LogP contribution < -0.4 is 5.73 Å². The maximum absolute atomic E-state index is 6.17. The van der Waals surface area contributed by atoms with Crippen molar-refractivity contribution >= 4 is 10.8 Å². The summed E-state index contributed by atoms with van der Waals surface area (Å²) in [7, 11) is 0. The molecule has 0 saturated carbocycles. The summed E-state index contributed by atoms with van der Waals surface area (Å²) < 4.78 is 0. The van der Waals surface area contributed by atoms with E-state index in [0.717, 1.165) is 6.42 Å². The van der Waals surface area contributed by atoms with Gasteiger partial charge in [0.15, 0.2) is 0 Å². The molecule has 0 heterocycles. The van der Waals surface area contributed by atoms with E-state index in [1.807, 2.05) is 0 Å². The third-order valence-electron chi connectivity index (χ3n) is 3.61. The highest BCUT2D eigenvalue weighted by molar-refractivity contribution is 5.90. The smallest absolute Gasteiger partial charge is 0.0146 e. The number of nitrogens with two attached hydrogens (primary N) is 1. The monoisotopic (exact) mass is 197 g/mol. The Morgan fingerprint density at radius 3 is 2.67 bits per heavy atom. The minimum absolute atomic E-state index is 0.269. The Morgan fingerprint density at radius 2 is 1.87 bits per heavy atom. The summed E-state index contributed by atoms with van der Waals surface area (Å²) in [5.74, 6) is 0.476. The molecule has 0 radical (unpaired) electrons. The first-order valence-corrected chi connectivity index (χ1v) is 5.53. The van der Waals surface area contributed by atoms with E-state index in [1.165, 1.54) is 21.9 Å². The number of hydrogen-bond donors (Lipinski definition) is 1. The molecule has 0 spiro atoms. The van der Waals surface area contributed by atoms with E-state index in [0.29, 0.717) is 5.92 Å². The average Bonchev–Trinajstić information content (AvgIpc) is 2.26.